The third kappa shape index (κ3) is 5.08. The molecule has 0 saturated carbocycles. The van der Waals surface area contributed by atoms with Crippen molar-refractivity contribution in [2.45, 2.75) is 32.1 Å². The van der Waals surface area contributed by atoms with Gasteiger partial charge in [0, 0.05) is 19.1 Å². The van der Waals surface area contributed by atoms with Gasteiger partial charge in [-0.25, -0.2) is 0 Å². The maximum absolute atomic E-state index is 13.0. The third-order valence-electron chi connectivity index (χ3n) is 4.12. The number of halogens is 3. The Balaban J connectivity index is 2.22. The molecule has 0 spiro atoms. The van der Waals surface area contributed by atoms with Crippen LogP contribution in [-0.4, -0.2) is 18.0 Å². The van der Waals surface area contributed by atoms with Crippen molar-refractivity contribution in [3.8, 4) is 0 Å². The fourth-order valence-corrected chi connectivity index (χ4v) is 2.71. The van der Waals surface area contributed by atoms with E-state index in [0.717, 1.165) is 24.6 Å². The van der Waals surface area contributed by atoms with Gasteiger partial charge in [-0.3, -0.25) is 4.90 Å². The topological polar surface area (TPSA) is 29.3 Å². The van der Waals surface area contributed by atoms with Crippen molar-refractivity contribution in [2.24, 2.45) is 5.73 Å². The molecule has 0 bridgehead atoms. The molecule has 5 heteroatoms. The molecule has 0 radical (unpaired) electrons. The summed E-state index contributed by atoms with van der Waals surface area (Å²) in [5.74, 6) is 0. The minimum atomic E-state index is -4.32. The lowest BCUT2D eigenvalue weighted by Gasteiger charge is -2.30. The van der Waals surface area contributed by atoms with Crippen molar-refractivity contribution in [3.05, 3.63) is 71.3 Å². The van der Waals surface area contributed by atoms with Crippen LogP contribution in [0.5, 0.6) is 0 Å². The van der Waals surface area contributed by atoms with Crippen LogP contribution in [0.25, 0.3) is 0 Å². The van der Waals surface area contributed by atoms with Crippen LogP contribution in [0.4, 0.5) is 13.2 Å². The summed E-state index contributed by atoms with van der Waals surface area (Å²) >= 11 is 0. The number of benzene rings is 2. The van der Waals surface area contributed by atoms with Gasteiger partial charge < -0.3 is 5.73 Å². The summed E-state index contributed by atoms with van der Waals surface area (Å²) in [7, 11) is 0. The summed E-state index contributed by atoms with van der Waals surface area (Å²) < 4.78 is 38.9. The van der Waals surface area contributed by atoms with Crippen LogP contribution in [0.2, 0.25) is 0 Å². The van der Waals surface area contributed by atoms with E-state index in [-0.39, 0.29) is 6.04 Å². The Morgan fingerprint density at radius 2 is 1.75 bits per heavy atom. The van der Waals surface area contributed by atoms with Gasteiger partial charge in [0.2, 0.25) is 0 Å². The molecule has 0 amide bonds. The van der Waals surface area contributed by atoms with Gasteiger partial charge in [0.15, 0.2) is 0 Å². The first-order chi connectivity index (χ1) is 11.4. The van der Waals surface area contributed by atoms with E-state index < -0.39 is 11.7 Å². The highest BCUT2D eigenvalue weighted by Crippen LogP contribution is 2.32. The maximum atomic E-state index is 13.0. The van der Waals surface area contributed by atoms with Crippen molar-refractivity contribution in [3.63, 3.8) is 0 Å². The van der Waals surface area contributed by atoms with E-state index in [9.17, 15) is 13.2 Å². The number of alkyl halides is 3. The minimum Gasteiger partial charge on any atom is -0.330 e. The van der Waals surface area contributed by atoms with Gasteiger partial charge in [-0.05, 0) is 43.1 Å². The third-order valence-corrected chi connectivity index (χ3v) is 4.12. The van der Waals surface area contributed by atoms with E-state index >= 15 is 0 Å². The Hall–Kier alpha value is -1.85. The van der Waals surface area contributed by atoms with Crippen LogP contribution in [0.3, 0.4) is 0 Å². The summed E-state index contributed by atoms with van der Waals surface area (Å²) in [5.41, 5.74) is 6.81. The molecule has 1 atom stereocenters. The number of nitrogens with zero attached hydrogens (tertiary/aromatic N) is 1. The zero-order valence-electron chi connectivity index (χ0n) is 13.8. The monoisotopic (exact) mass is 336 g/mol. The molecule has 2 aromatic rings. The fourth-order valence-electron chi connectivity index (χ4n) is 2.71. The summed E-state index contributed by atoms with van der Waals surface area (Å²) in [5, 5.41) is 0. The van der Waals surface area contributed by atoms with Crippen LogP contribution in [0.1, 0.15) is 36.1 Å². The molecular weight excluding hydrogens is 313 g/mol. The first-order valence-corrected chi connectivity index (χ1v) is 8.07. The molecule has 130 valence electrons. The van der Waals surface area contributed by atoms with Gasteiger partial charge in [-0.15, -0.1) is 0 Å². The summed E-state index contributed by atoms with van der Waals surface area (Å²) in [4.78, 5) is 2.16. The summed E-state index contributed by atoms with van der Waals surface area (Å²) in [6.45, 7) is 3.91. The molecule has 0 heterocycles. The second-order valence-corrected chi connectivity index (χ2v) is 5.90. The number of nitrogens with two attached hydrogens (primary N) is 1. The zero-order chi connectivity index (χ0) is 17.6. The first-order valence-electron chi connectivity index (χ1n) is 8.07. The molecule has 0 aliphatic carbocycles. The van der Waals surface area contributed by atoms with Crippen molar-refractivity contribution < 1.29 is 13.2 Å². The molecule has 2 N–H and O–H groups in total. The Bertz CT molecular complexity index is 626. The smallest absolute Gasteiger partial charge is 0.330 e. The van der Waals surface area contributed by atoms with E-state index in [2.05, 4.69) is 4.90 Å². The highest BCUT2D eigenvalue weighted by molar-refractivity contribution is 5.28. The van der Waals surface area contributed by atoms with E-state index in [0.29, 0.717) is 18.7 Å². The minimum absolute atomic E-state index is 0.126. The van der Waals surface area contributed by atoms with Crippen molar-refractivity contribution >= 4 is 0 Å². The second-order valence-electron chi connectivity index (χ2n) is 5.90. The summed E-state index contributed by atoms with van der Waals surface area (Å²) in [6, 6.07) is 15.4. The van der Waals surface area contributed by atoms with E-state index in [1.54, 1.807) is 6.07 Å². The molecule has 0 saturated heterocycles. The molecule has 0 aromatic heterocycles. The molecule has 2 nitrogen and oxygen atoms in total. The van der Waals surface area contributed by atoms with Crippen LogP contribution in [0, 0.1) is 0 Å². The Morgan fingerprint density at radius 3 is 2.38 bits per heavy atom. The number of hydrogen-bond acceptors (Lipinski definition) is 2. The standard InChI is InChI=1S/C19H23F3N2/c1-15(17-9-5-10-18(13-17)19(20,21)22)24(12-6-11-23)14-16-7-3-2-4-8-16/h2-5,7-10,13,15H,6,11-12,14,23H2,1H3. The summed E-state index contributed by atoms with van der Waals surface area (Å²) in [6.07, 6.45) is -3.52. The Kier molecular flexibility index (Phi) is 6.40. The highest BCUT2D eigenvalue weighted by atomic mass is 19.4. The Morgan fingerprint density at radius 1 is 1.04 bits per heavy atom. The lowest BCUT2D eigenvalue weighted by atomic mass is 10.0. The van der Waals surface area contributed by atoms with Gasteiger partial charge in [0.25, 0.3) is 0 Å². The molecule has 1 unspecified atom stereocenters. The largest absolute Gasteiger partial charge is 0.416 e. The molecular formula is C19H23F3N2. The lowest BCUT2D eigenvalue weighted by Crippen LogP contribution is -2.29. The van der Waals surface area contributed by atoms with Gasteiger partial charge in [-0.2, -0.15) is 13.2 Å². The second kappa shape index (κ2) is 8.31. The van der Waals surface area contributed by atoms with Crippen molar-refractivity contribution in [2.75, 3.05) is 13.1 Å². The van der Waals surface area contributed by atoms with Gasteiger partial charge in [0.1, 0.15) is 0 Å². The van der Waals surface area contributed by atoms with Crippen LogP contribution in [0.15, 0.2) is 54.6 Å². The van der Waals surface area contributed by atoms with E-state index in [1.165, 1.54) is 12.1 Å². The highest BCUT2D eigenvalue weighted by Gasteiger charge is 2.31. The molecule has 0 aliphatic heterocycles. The quantitative estimate of drug-likeness (QED) is 0.799. The normalized spacial score (nSPS) is 13.2. The Labute approximate surface area is 141 Å². The van der Waals surface area contributed by atoms with Crippen molar-refractivity contribution in [1.82, 2.24) is 4.90 Å². The zero-order valence-corrected chi connectivity index (χ0v) is 13.8. The number of hydrogen-bond donors (Lipinski definition) is 1. The predicted molar refractivity (Wildman–Crippen MR) is 90.4 cm³/mol. The number of rotatable bonds is 7. The average Bonchev–Trinajstić information content (AvgIpc) is 2.58. The predicted octanol–water partition coefficient (Wildman–Crippen LogP) is 4.62. The van der Waals surface area contributed by atoms with E-state index in [1.807, 2.05) is 37.3 Å². The van der Waals surface area contributed by atoms with E-state index in [4.69, 9.17) is 5.73 Å². The molecule has 2 aromatic carbocycles. The maximum Gasteiger partial charge on any atom is 0.416 e. The van der Waals surface area contributed by atoms with Crippen molar-refractivity contribution in [1.29, 1.82) is 0 Å². The fraction of sp³-hybridized carbons (Fsp3) is 0.368. The SMILES string of the molecule is CC(c1cccc(C(F)(F)F)c1)N(CCCN)Cc1ccccc1. The molecule has 24 heavy (non-hydrogen) atoms. The van der Waals surface area contributed by atoms with Crippen LogP contribution >= 0.6 is 0 Å². The lowest BCUT2D eigenvalue weighted by molar-refractivity contribution is -0.137. The van der Waals surface area contributed by atoms with Crippen LogP contribution in [-0.2, 0) is 12.7 Å². The average molecular weight is 336 g/mol. The first kappa shape index (κ1) is 18.5. The molecule has 0 fully saturated rings. The van der Waals surface area contributed by atoms with Gasteiger partial charge in [-0.1, -0.05) is 42.5 Å². The molecule has 2 rings (SSSR count). The molecule has 0 aliphatic rings. The van der Waals surface area contributed by atoms with Gasteiger partial charge in [0.05, 0.1) is 5.56 Å². The van der Waals surface area contributed by atoms with Crippen LogP contribution < -0.4 is 5.73 Å². The van der Waals surface area contributed by atoms with Gasteiger partial charge >= 0.3 is 6.18 Å².